The Morgan fingerprint density at radius 1 is 1.17 bits per heavy atom. The maximum absolute atomic E-state index is 12.3. The minimum Gasteiger partial charge on any atom is -0.308 e. The summed E-state index contributed by atoms with van der Waals surface area (Å²) in [6.07, 6.45) is 7.10. The van der Waals surface area contributed by atoms with Crippen LogP contribution in [0, 0.1) is 5.92 Å². The van der Waals surface area contributed by atoms with Crippen molar-refractivity contribution in [3.05, 3.63) is 46.1 Å². The highest BCUT2D eigenvalue weighted by Gasteiger charge is 2.22. The lowest BCUT2D eigenvalue weighted by atomic mass is 9.89. The van der Waals surface area contributed by atoms with Crippen molar-refractivity contribution in [1.29, 1.82) is 0 Å². The molecule has 1 heterocycles. The maximum Gasteiger partial charge on any atom is 0.228 e. The average molecular weight is 352 g/mol. The zero-order valence-electron chi connectivity index (χ0n) is 12.8. The summed E-state index contributed by atoms with van der Waals surface area (Å²) < 4.78 is 1.72. The number of hydrogen-bond acceptors (Lipinski definition) is 2. The standard InChI is InChI=1S/C17H19Cl2N3O/c18-14-8-6-12(7-9-14)10-22-11-15(19)16(21-22)20-17(23)13-4-2-1-3-5-13/h6-9,11,13H,1-5,10H2,(H,20,21,23). The SMILES string of the molecule is O=C(Nc1nn(Cc2ccc(Cl)cc2)cc1Cl)C1CCCCC1. The summed E-state index contributed by atoms with van der Waals surface area (Å²) >= 11 is 12.1. The van der Waals surface area contributed by atoms with E-state index in [-0.39, 0.29) is 11.8 Å². The van der Waals surface area contributed by atoms with Gasteiger partial charge >= 0.3 is 0 Å². The third-order valence-electron chi connectivity index (χ3n) is 4.19. The van der Waals surface area contributed by atoms with Crippen LogP contribution in [-0.4, -0.2) is 15.7 Å². The Morgan fingerprint density at radius 3 is 2.57 bits per heavy atom. The summed E-state index contributed by atoms with van der Waals surface area (Å²) in [6, 6.07) is 7.57. The predicted octanol–water partition coefficient (Wildman–Crippen LogP) is 4.76. The van der Waals surface area contributed by atoms with Crippen LogP contribution < -0.4 is 5.32 Å². The molecule has 0 atom stereocenters. The van der Waals surface area contributed by atoms with Gasteiger partial charge in [-0.3, -0.25) is 9.48 Å². The number of anilines is 1. The van der Waals surface area contributed by atoms with Gasteiger partial charge in [0.05, 0.1) is 6.54 Å². The minimum atomic E-state index is 0.0309. The number of nitrogens with one attached hydrogen (secondary N) is 1. The van der Waals surface area contributed by atoms with E-state index in [1.54, 1.807) is 10.9 Å². The zero-order valence-corrected chi connectivity index (χ0v) is 14.3. The highest BCUT2D eigenvalue weighted by Crippen LogP contribution is 2.26. The van der Waals surface area contributed by atoms with Gasteiger partial charge in [0.2, 0.25) is 5.91 Å². The van der Waals surface area contributed by atoms with Gasteiger partial charge in [-0.25, -0.2) is 0 Å². The Bertz CT molecular complexity index is 676. The van der Waals surface area contributed by atoms with E-state index in [1.807, 2.05) is 24.3 Å². The number of nitrogens with zero attached hydrogens (tertiary/aromatic N) is 2. The molecule has 1 saturated carbocycles. The normalized spacial score (nSPS) is 15.6. The van der Waals surface area contributed by atoms with Crippen molar-refractivity contribution in [2.24, 2.45) is 5.92 Å². The molecular weight excluding hydrogens is 333 g/mol. The third-order valence-corrected chi connectivity index (χ3v) is 4.72. The first-order valence-electron chi connectivity index (χ1n) is 7.90. The van der Waals surface area contributed by atoms with Crippen LogP contribution in [0.25, 0.3) is 0 Å². The van der Waals surface area contributed by atoms with Crippen LogP contribution in [0.4, 0.5) is 5.82 Å². The molecular formula is C17H19Cl2N3O. The van der Waals surface area contributed by atoms with Crippen LogP contribution in [0.15, 0.2) is 30.5 Å². The molecule has 0 radical (unpaired) electrons. The van der Waals surface area contributed by atoms with E-state index in [0.717, 1.165) is 31.2 Å². The first-order valence-corrected chi connectivity index (χ1v) is 8.65. The number of rotatable bonds is 4. The van der Waals surface area contributed by atoms with Crippen molar-refractivity contribution >= 4 is 34.9 Å². The molecule has 1 aliphatic carbocycles. The van der Waals surface area contributed by atoms with Crippen LogP contribution in [0.5, 0.6) is 0 Å². The molecule has 0 bridgehead atoms. The van der Waals surface area contributed by atoms with Gasteiger partial charge in [0.25, 0.3) is 0 Å². The molecule has 1 amide bonds. The lowest BCUT2D eigenvalue weighted by molar-refractivity contribution is -0.120. The second-order valence-electron chi connectivity index (χ2n) is 5.97. The summed E-state index contributed by atoms with van der Waals surface area (Å²) in [5.74, 6) is 0.556. The van der Waals surface area contributed by atoms with E-state index < -0.39 is 0 Å². The Balaban J connectivity index is 1.65. The average Bonchev–Trinajstić information content (AvgIpc) is 2.90. The first-order chi connectivity index (χ1) is 11.1. The minimum absolute atomic E-state index is 0.0309. The van der Waals surface area contributed by atoms with Gasteiger partial charge in [0.1, 0.15) is 5.02 Å². The fourth-order valence-corrected chi connectivity index (χ4v) is 3.25. The molecule has 122 valence electrons. The Labute approximate surface area is 145 Å². The van der Waals surface area contributed by atoms with Crippen molar-refractivity contribution in [2.45, 2.75) is 38.6 Å². The quantitative estimate of drug-likeness (QED) is 0.863. The van der Waals surface area contributed by atoms with Crippen molar-refractivity contribution in [2.75, 3.05) is 5.32 Å². The molecule has 23 heavy (non-hydrogen) atoms. The van der Waals surface area contributed by atoms with Gasteiger partial charge in [-0.2, -0.15) is 5.10 Å². The molecule has 0 saturated heterocycles. The van der Waals surface area contributed by atoms with Gasteiger partial charge in [-0.15, -0.1) is 0 Å². The fourth-order valence-electron chi connectivity index (χ4n) is 2.92. The number of benzene rings is 1. The van der Waals surface area contributed by atoms with Crippen molar-refractivity contribution in [3.8, 4) is 0 Å². The van der Waals surface area contributed by atoms with E-state index >= 15 is 0 Å². The van der Waals surface area contributed by atoms with Crippen molar-refractivity contribution in [3.63, 3.8) is 0 Å². The monoisotopic (exact) mass is 351 g/mol. The first kappa shape index (κ1) is 16.3. The Hall–Kier alpha value is -1.52. The van der Waals surface area contributed by atoms with Crippen LogP contribution in [0.2, 0.25) is 10.0 Å². The lowest BCUT2D eigenvalue weighted by Crippen LogP contribution is -2.25. The largest absolute Gasteiger partial charge is 0.308 e. The molecule has 1 aromatic carbocycles. The summed E-state index contributed by atoms with van der Waals surface area (Å²) in [4.78, 5) is 12.3. The molecule has 4 nitrogen and oxygen atoms in total. The molecule has 1 aliphatic rings. The molecule has 1 aromatic heterocycles. The van der Waals surface area contributed by atoms with Crippen molar-refractivity contribution < 1.29 is 4.79 Å². The lowest BCUT2D eigenvalue weighted by Gasteiger charge is -2.20. The summed E-state index contributed by atoms with van der Waals surface area (Å²) in [5, 5.41) is 8.42. The summed E-state index contributed by atoms with van der Waals surface area (Å²) in [6.45, 7) is 0.580. The molecule has 0 spiro atoms. The highest BCUT2D eigenvalue weighted by molar-refractivity contribution is 6.33. The van der Waals surface area contributed by atoms with Gasteiger partial charge in [-0.05, 0) is 30.5 Å². The topological polar surface area (TPSA) is 46.9 Å². The second-order valence-corrected chi connectivity index (χ2v) is 6.82. The summed E-state index contributed by atoms with van der Waals surface area (Å²) in [7, 11) is 0. The van der Waals surface area contributed by atoms with Gasteiger partial charge in [0.15, 0.2) is 5.82 Å². The van der Waals surface area contributed by atoms with E-state index in [9.17, 15) is 4.79 Å². The smallest absolute Gasteiger partial charge is 0.228 e. The molecule has 1 N–H and O–H groups in total. The predicted molar refractivity (Wildman–Crippen MR) is 93.0 cm³/mol. The Kier molecular flexibility index (Phi) is 5.23. The number of carbonyl (C=O) groups excluding carboxylic acids is 1. The number of hydrogen-bond donors (Lipinski definition) is 1. The summed E-state index contributed by atoms with van der Waals surface area (Å²) in [5.41, 5.74) is 1.07. The van der Waals surface area contributed by atoms with E-state index in [0.29, 0.717) is 22.4 Å². The zero-order chi connectivity index (χ0) is 16.2. The number of aromatic nitrogens is 2. The second kappa shape index (κ2) is 7.37. The molecule has 6 heteroatoms. The third kappa shape index (κ3) is 4.27. The van der Waals surface area contributed by atoms with Gasteiger partial charge < -0.3 is 5.32 Å². The fraction of sp³-hybridized carbons (Fsp3) is 0.412. The Morgan fingerprint density at radius 2 is 1.87 bits per heavy atom. The van der Waals surface area contributed by atoms with Gasteiger partial charge in [0, 0.05) is 17.1 Å². The van der Waals surface area contributed by atoms with E-state index in [2.05, 4.69) is 10.4 Å². The molecule has 2 aromatic rings. The van der Waals surface area contributed by atoms with E-state index in [4.69, 9.17) is 23.2 Å². The molecule has 3 rings (SSSR count). The molecule has 0 aliphatic heterocycles. The maximum atomic E-state index is 12.3. The number of amides is 1. The van der Waals surface area contributed by atoms with Crippen LogP contribution in [0.3, 0.4) is 0 Å². The van der Waals surface area contributed by atoms with Crippen molar-refractivity contribution in [1.82, 2.24) is 9.78 Å². The van der Waals surface area contributed by atoms with Crippen LogP contribution in [0.1, 0.15) is 37.7 Å². The highest BCUT2D eigenvalue weighted by atomic mass is 35.5. The number of carbonyl (C=O) groups is 1. The van der Waals surface area contributed by atoms with Crippen LogP contribution >= 0.6 is 23.2 Å². The van der Waals surface area contributed by atoms with Crippen LogP contribution in [-0.2, 0) is 11.3 Å². The molecule has 0 unspecified atom stereocenters. The number of halogens is 2. The van der Waals surface area contributed by atoms with E-state index in [1.165, 1.54) is 6.42 Å². The van der Waals surface area contributed by atoms with Gasteiger partial charge in [-0.1, -0.05) is 54.6 Å². The molecule has 1 fully saturated rings.